The Morgan fingerprint density at radius 1 is 0.491 bits per heavy atom. The summed E-state index contributed by atoms with van der Waals surface area (Å²) in [5.41, 5.74) is 8.76. The van der Waals surface area contributed by atoms with Crippen LogP contribution < -0.4 is 0 Å². The predicted molar refractivity (Wildman–Crippen MR) is 233 cm³/mol. The second-order valence-electron chi connectivity index (χ2n) is 19.5. The Bertz CT molecular complexity index is 1580. The normalized spacial score (nSPS) is 13.9. The molecule has 0 bridgehead atoms. The van der Waals surface area contributed by atoms with Crippen molar-refractivity contribution in [3.8, 4) is 17.2 Å². The van der Waals surface area contributed by atoms with Crippen molar-refractivity contribution in [2.75, 3.05) is 5.75 Å². The zero-order valence-electron chi connectivity index (χ0n) is 36.0. The molecule has 1 unspecified atom stereocenters. The molecule has 0 aromatic heterocycles. The minimum Gasteiger partial charge on any atom is -0.508 e. The van der Waals surface area contributed by atoms with E-state index in [1.54, 1.807) is 0 Å². The van der Waals surface area contributed by atoms with E-state index in [1.165, 1.54) is 74.5 Å². The van der Waals surface area contributed by atoms with Crippen LogP contribution in [-0.4, -0.2) is 21.1 Å². The third-order valence-electron chi connectivity index (χ3n) is 11.8. The van der Waals surface area contributed by atoms with Gasteiger partial charge in [0.15, 0.2) is 0 Å². The van der Waals surface area contributed by atoms with E-state index in [-0.39, 0.29) is 27.6 Å². The molecule has 3 nitrogen and oxygen atoms in total. The summed E-state index contributed by atoms with van der Waals surface area (Å²) in [6.45, 7) is 28.2. The van der Waals surface area contributed by atoms with Crippen LogP contribution in [0.2, 0.25) is 0 Å². The quantitative estimate of drug-likeness (QED) is 0.0822. The van der Waals surface area contributed by atoms with Gasteiger partial charge in [-0.25, -0.2) is 0 Å². The van der Waals surface area contributed by atoms with Crippen molar-refractivity contribution in [3.63, 3.8) is 0 Å². The second kappa shape index (κ2) is 18.4. The number of benzene rings is 3. The molecule has 0 amide bonds. The Morgan fingerprint density at radius 3 is 1.23 bits per heavy atom. The minimum atomic E-state index is -0.301. The fourth-order valence-corrected chi connectivity index (χ4v) is 9.00. The Hall–Kier alpha value is -2.59. The van der Waals surface area contributed by atoms with Crippen LogP contribution in [0.15, 0.2) is 36.4 Å². The van der Waals surface area contributed by atoms with Crippen molar-refractivity contribution in [2.45, 2.75) is 195 Å². The Morgan fingerprint density at radius 2 is 0.849 bits per heavy atom. The lowest BCUT2D eigenvalue weighted by Gasteiger charge is -2.40. The Balaban J connectivity index is 2.27. The van der Waals surface area contributed by atoms with Gasteiger partial charge in [-0.3, -0.25) is 0 Å². The first-order valence-corrected chi connectivity index (χ1v) is 21.3. The van der Waals surface area contributed by atoms with Crippen molar-refractivity contribution >= 4 is 12.6 Å². The van der Waals surface area contributed by atoms with Gasteiger partial charge >= 0.3 is 0 Å². The number of aromatic hydroxyl groups is 3. The standard InChI is InChI=1S/C49H76O3S/c1-14-15-16-17-18-19-20-21-22-23-24-49(32-53,39-30-42(48(11,12)13)45(52)27-35(39)4)31-38(36-28-40(46(5,6)7)43(50)25-33(36)2)37-29-41(47(8,9)10)44(51)26-34(37)3/h25-30,38,50-53H,14-24,31-32H2,1-13H3. The topological polar surface area (TPSA) is 60.7 Å². The molecule has 3 rings (SSSR count). The summed E-state index contributed by atoms with van der Waals surface area (Å²) in [7, 11) is 0. The summed E-state index contributed by atoms with van der Waals surface area (Å²) in [6, 6.07) is 12.7. The molecule has 0 saturated carbocycles. The first kappa shape index (κ1) is 44.8. The van der Waals surface area contributed by atoms with Gasteiger partial charge in [-0.05, 0) is 124 Å². The van der Waals surface area contributed by atoms with Gasteiger partial charge in [-0.15, -0.1) is 0 Å². The highest BCUT2D eigenvalue weighted by Crippen LogP contribution is 2.50. The second-order valence-corrected chi connectivity index (χ2v) is 19.8. The molecule has 0 aliphatic rings. The number of rotatable bonds is 17. The van der Waals surface area contributed by atoms with Crippen LogP contribution >= 0.6 is 12.6 Å². The summed E-state index contributed by atoms with van der Waals surface area (Å²) < 4.78 is 0. The van der Waals surface area contributed by atoms with E-state index >= 15 is 0 Å². The van der Waals surface area contributed by atoms with Crippen molar-refractivity contribution in [2.24, 2.45) is 0 Å². The maximum atomic E-state index is 11.3. The van der Waals surface area contributed by atoms with Gasteiger partial charge in [-0.2, -0.15) is 12.6 Å². The lowest BCUT2D eigenvalue weighted by molar-refractivity contribution is 0.364. The van der Waals surface area contributed by atoms with Crippen LogP contribution in [0.3, 0.4) is 0 Å². The lowest BCUT2D eigenvalue weighted by Crippen LogP contribution is -2.33. The summed E-state index contributed by atoms with van der Waals surface area (Å²) >= 11 is 5.27. The molecular weight excluding hydrogens is 669 g/mol. The van der Waals surface area contributed by atoms with E-state index in [0.717, 1.165) is 52.6 Å². The van der Waals surface area contributed by atoms with Crippen molar-refractivity contribution in [1.82, 2.24) is 0 Å². The average Bonchev–Trinajstić information content (AvgIpc) is 3.02. The highest BCUT2D eigenvalue weighted by atomic mass is 32.1. The molecule has 0 aliphatic heterocycles. The average molecular weight is 745 g/mol. The Kier molecular flexibility index (Phi) is 15.5. The molecule has 0 fully saturated rings. The van der Waals surface area contributed by atoms with E-state index in [2.05, 4.69) is 108 Å². The third kappa shape index (κ3) is 11.5. The van der Waals surface area contributed by atoms with E-state index in [0.29, 0.717) is 23.0 Å². The van der Waals surface area contributed by atoms with Gasteiger partial charge in [-0.1, -0.05) is 152 Å². The number of hydrogen-bond donors (Lipinski definition) is 4. The molecule has 1 atom stereocenters. The molecule has 0 saturated heterocycles. The first-order valence-electron chi connectivity index (χ1n) is 20.7. The van der Waals surface area contributed by atoms with Crippen molar-refractivity contribution in [3.05, 3.63) is 86.5 Å². The SMILES string of the molecule is CCCCCCCCCCCCC(CS)(CC(c1cc(C(C)(C)C)c(O)cc1C)c1cc(C(C)(C)C)c(O)cc1C)c1cc(C(C)(C)C)c(O)cc1C. The smallest absolute Gasteiger partial charge is 0.119 e. The van der Waals surface area contributed by atoms with Gasteiger partial charge in [0, 0.05) is 11.3 Å². The molecule has 0 radical (unpaired) electrons. The number of thiol groups is 1. The third-order valence-corrected chi connectivity index (χ3v) is 12.4. The first-order chi connectivity index (χ1) is 24.6. The van der Waals surface area contributed by atoms with Gasteiger partial charge in [0.2, 0.25) is 0 Å². The fourth-order valence-electron chi connectivity index (χ4n) is 8.54. The molecule has 4 heteroatoms. The molecule has 53 heavy (non-hydrogen) atoms. The van der Waals surface area contributed by atoms with Crippen molar-refractivity contribution < 1.29 is 15.3 Å². The van der Waals surface area contributed by atoms with Gasteiger partial charge in [0.1, 0.15) is 17.2 Å². The van der Waals surface area contributed by atoms with Crippen LogP contribution in [-0.2, 0) is 21.7 Å². The monoisotopic (exact) mass is 745 g/mol. The molecule has 3 aromatic rings. The maximum Gasteiger partial charge on any atom is 0.119 e. The predicted octanol–water partition coefficient (Wildman–Crippen LogP) is 14.3. The highest BCUT2D eigenvalue weighted by molar-refractivity contribution is 7.80. The van der Waals surface area contributed by atoms with Crippen LogP contribution in [0.5, 0.6) is 17.2 Å². The van der Waals surface area contributed by atoms with Crippen LogP contribution in [0.4, 0.5) is 0 Å². The maximum absolute atomic E-state index is 11.3. The molecule has 296 valence electrons. The summed E-state index contributed by atoms with van der Waals surface area (Å²) in [5, 5.41) is 33.8. The van der Waals surface area contributed by atoms with Gasteiger partial charge < -0.3 is 15.3 Å². The molecule has 0 heterocycles. The lowest BCUT2D eigenvalue weighted by atomic mass is 9.65. The summed E-state index contributed by atoms with van der Waals surface area (Å²) in [6.07, 6.45) is 14.7. The Labute approximate surface area is 330 Å². The minimum absolute atomic E-state index is 0.0278. The molecular formula is C49H76O3S. The number of aryl methyl sites for hydroxylation is 3. The molecule has 0 spiro atoms. The highest BCUT2D eigenvalue weighted by Gasteiger charge is 2.39. The van der Waals surface area contributed by atoms with Crippen LogP contribution in [0, 0.1) is 20.8 Å². The molecule has 3 N–H and O–H groups in total. The zero-order valence-corrected chi connectivity index (χ0v) is 36.9. The van der Waals surface area contributed by atoms with Crippen molar-refractivity contribution in [1.29, 1.82) is 0 Å². The number of phenols is 3. The zero-order chi connectivity index (χ0) is 39.9. The molecule has 0 aliphatic carbocycles. The van der Waals surface area contributed by atoms with Gasteiger partial charge in [0.25, 0.3) is 0 Å². The van der Waals surface area contributed by atoms with E-state index in [9.17, 15) is 15.3 Å². The van der Waals surface area contributed by atoms with Crippen LogP contribution in [0.25, 0.3) is 0 Å². The number of hydrogen-bond acceptors (Lipinski definition) is 4. The molecule has 3 aromatic carbocycles. The number of unbranched alkanes of at least 4 members (excludes halogenated alkanes) is 9. The van der Waals surface area contributed by atoms with E-state index in [4.69, 9.17) is 12.6 Å². The van der Waals surface area contributed by atoms with Gasteiger partial charge in [0.05, 0.1) is 0 Å². The largest absolute Gasteiger partial charge is 0.508 e. The summed E-state index contributed by atoms with van der Waals surface area (Å²) in [5.74, 6) is 1.68. The van der Waals surface area contributed by atoms with E-state index in [1.807, 2.05) is 18.2 Å². The van der Waals surface area contributed by atoms with E-state index < -0.39 is 0 Å². The van der Waals surface area contributed by atoms with Crippen LogP contribution in [0.1, 0.15) is 202 Å². The fraction of sp³-hybridized carbons (Fsp3) is 0.633. The summed E-state index contributed by atoms with van der Waals surface area (Å²) in [4.78, 5) is 0. The number of phenolic OH excluding ortho intramolecular Hbond substituents is 3.